The molecule has 1 saturated heterocycles. The number of ether oxygens (including phenoxy) is 2. The van der Waals surface area contributed by atoms with E-state index in [4.69, 9.17) is 9.47 Å². The zero-order chi connectivity index (χ0) is 26.0. The number of esters is 1. The van der Waals surface area contributed by atoms with Crippen molar-refractivity contribution in [3.05, 3.63) is 28.4 Å². The second-order valence-electron chi connectivity index (χ2n) is 12.7. The molecule has 2 aliphatic rings. The molecule has 0 bridgehead atoms. The van der Waals surface area contributed by atoms with E-state index in [2.05, 4.69) is 57.9 Å². The number of rotatable bonds is 8. The molecule has 3 rings (SSSR count). The highest BCUT2D eigenvalue weighted by molar-refractivity contribution is 7.09. The van der Waals surface area contributed by atoms with Crippen LogP contribution < -0.4 is 5.32 Å². The van der Waals surface area contributed by atoms with Crippen molar-refractivity contribution >= 4 is 17.3 Å². The lowest BCUT2D eigenvalue weighted by Gasteiger charge is -2.39. The first kappa shape index (κ1) is 28.2. The van der Waals surface area contributed by atoms with Gasteiger partial charge in [-0.25, -0.2) is 4.98 Å². The number of carbonyl (C=O) groups excluding carboxylic acids is 1. The predicted octanol–water partition coefficient (Wildman–Crippen LogP) is 7.30. The molecule has 1 unspecified atom stereocenters. The Morgan fingerprint density at radius 2 is 2.00 bits per heavy atom. The molecule has 5 nitrogen and oxygen atoms in total. The van der Waals surface area contributed by atoms with Gasteiger partial charge in [0.15, 0.2) is 0 Å². The first-order chi connectivity index (χ1) is 16.3. The Labute approximate surface area is 217 Å². The van der Waals surface area contributed by atoms with Crippen molar-refractivity contribution in [1.29, 1.82) is 0 Å². The number of hydrogen-bond donors (Lipinski definition) is 1. The molecule has 1 aliphatic heterocycles. The minimum absolute atomic E-state index is 0.0301. The summed E-state index contributed by atoms with van der Waals surface area (Å²) in [4.78, 5) is 18.4. The third-order valence-corrected chi connectivity index (χ3v) is 8.42. The summed E-state index contributed by atoms with van der Waals surface area (Å²) >= 11 is 1.64. The molecular weight excluding hydrogens is 456 g/mol. The highest BCUT2D eigenvalue weighted by Crippen LogP contribution is 2.48. The average Bonchev–Trinajstić information content (AvgIpc) is 3.39. The Bertz CT molecular complexity index is 858. The Morgan fingerprint density at radius 3 is 2.54 bits per heavy atom. The summed E-state index contributed by atoms with van der Waals surface area (Å²) in [5.74, 6) is 3.02. The molecule has 1 saturated carbocycles. The summed E-state index contributed by atoms with van der Waals surface area (Å²) in [6.07, 6.45) is 9.14. The van der Waals surface area contributed by atoms with Crippen molar-refractivity contribution in [3.8, 4) is 0 Å². The number of carbonyl (C=O) groups is 1. The summed E-state index contributed by atoms with van der Waals surface area (Å²) in [5.41, 5.74) is -1.31. The summed E-state index contributed by atoms with van der Waals surface area (Å²) in [6.45, 7) is 19.2. The first-order valence-electron chi connectivity index (χ1n) is 13.6. The average molecular weight is 505 g/mol. The van der Waals surface area contributed by atoms with Crippen LogP contribution in [0.1, 0.15) is 105 Å². The fraction of sp³-hybridized carbons (Fsp3) is 0.793. The van der Waals surface area contributed by atoms with Crippen LogP contribution in [0.25, 0.3) is 0 Å². The maximum atomic E-state index is 13.7. The van der Waals surface area contributed by atoms with E-state index >= 15 is 0 Å². The van der Waals surface area contributed by atoms with Gasteiger partial charge >= 0.3 is 5.97 Å². The van der Waals surface area contributed by atoms with Gasteiger partial charge in [0.05, 0.1) is 11.8 Å². The van der Waals surface area contributed by atoms with Crippen LogP contribution in [0.5, 0.6) is 0 Å². The topological polar surface area (TPSA) is 60.5 Å². The van der Waals surface area contributed by atoms with E-state index in [1.54, 1.807) is 11.3 Å². The third kappa shape index (κ3) is 6.88. The van der Waals surface area contributed by atoms with E-state index < -0.39 is 11.1 Å². The quantitative estimate of drug-likeness (QED) is 0.297. The molecule has 1 aliphatic carbocycles. The number of allylic oxidation sites excluding steroid dienone is 1. The Hall–Kier alpha value is -1.40. The SMILES string of the molecule is C/C=C(\OC1C[C@H](C)CC[C@H]1C(C)C)[C@H]1C[C@@](CC(C)C)(C(=O)OC(C)(C)C)N[C@H]1c1nccs1. The molecule has 0 aromatic carbocycles. The van der Waals surface area contributed by atoms with Gasteiger partial charge in [-0.15, -0.1) is 11.3 Å². The van der Waals surface area contributed by atoms with Gasteiger partial charge in [0, 0.05) is 17.5 Å². The van der Waals surface area contributed by atoms with E-state index in [1.165, 1.54) is 12.8 Å². The monoisotopic (exact) mass is 504 g/mol. The van der Waals surface area contributed by atoms with Crippen LogP contribution in [-0.4, -0.2) is 28.2 Å². The second-order valence-corrected chi connectivity index (χ2v) is 13.6. The van der Waals surface area contributed by atoms with Crippen molar-refractivity contribution in [2.24, 2.45) is 29.6 Å². The van der Waals surface area contributed by atoms with Crippen molar-refractivity contribution in [2.45, 2.75) is 118 Å². The fourth-order valence-corrected chi connectivity index (χ4v) is 6.82. The van der Waals surface area contributed by atoms with Crippen molar-refractivity contribution < 1.29 is 14.3 Å². The predicted molar refractivity (Wildman–Crippen MR) is 144 cm³/mol. The number of hydrogen-bond acceptors (Lipinski definition) is 6. The molecule has 35 heavy (non-hydrogen) atoms. The zero-order valence-electron chi connectivity index (χ0n) is 23.4. The number of nitrogens with one attached hydrogen (secondary N) is 1. The number of nitrogens with zero attached hydrogens (tertiary/aromatic N) is 1. The smallest absolute Gasteiger partial charge is 0.326 e. The van der Waals surface area contributed by atoms with E-state index in [0.29, 0.717) is 36.5 Å². The van der Waals surface area contributed by atoms with Crippen LogP contribution in [0.4, 0.5) is 0 Å². The number of aromatic nitrogens is 1. The minimum atomic E-state index is -0.766. The van der Waals surface area contributed by atoms with E-state index in [9.17, 15) is 4.79 Å². The lowest BCUT2D eigenvalue weighted by atomic mass is 9.75. The van der Waals surface area contributed by atoms with Gasteiger partial charge in [0.2, 0.25) is 0 Å². The highest BCUT2D eigenvalue weighted by Gasteiger charge is 2.54. The molecule has 1 aromatic heterocycles. The standard InChI is InChI=1S/C29H48N2O3S/c1-10-23(33-24-15-20(6)11-12-21(24)19(4)5)22-17-29(16-18(2)3,27(32)34-28(7,8)9)31-25(22)26-30-13-14-35-26/h10,13-14,18-22,24-25,31H,11-12,15-17H2,1-9H3/b23-10-/t20-,21+,22-,24?,25-,29+/m1/s1. The zero-order valence-corrected chi connectivity index (χ0v) is 24.2. The van der Waals surface area contributed by atoms with Crippen LogP contribution in [0.2, 0.25) is 0 Å². The maximum absolute atomic E-state index is 13.7. The van der Waals surface area contributed by atoms with Gasteiger partial charge < -0.3 is 9.47 Å². The van der Waals surface area contributed by atoms with E-state index in [-0.39, 0.29) is 24.0 Å². The number of thiazole rings is 1. The van der Waals surface area contributed by atoms with E-state index in [0.717, 1.165) is 17.2 Å². The molecule has 6 heteroatoms. The van der Waals surface area contributed by atoms with Crippen LogP contribution >= 0.6 is 11.3 Å². The normalized spacial score (nSPS) is 32.3. The first-order valence-corrected chi connectivity index (χ1v) is 14.5. The summed E-state index contributed by atoms with van der Waals surface area (Å²) < 4.78 is 12.9. The molecule has 2 heterocycles. The molecular formula is C29H48N2O3S. The summed E-state index contributed by atoms with van der Waals surface area (Å²) in [5, 5.41) is 6.77. The molecule has 1 N–H and O–H groups in total. The van der Waals surface area contributed by atoms with Crippen LogP contribution in [-0.2, 0) is 14.3 Å². The molecule has 1 aromatic rings. The van der Waals surface area contributed by atoms with Gasteiger partial charge in [0.25, 0.3) is 0 Å². The van der Waals surface area contributed by atoms with Gasteiger partial charge in [-0.1, -0.05) is 41.0 Å². The van der Waals surface area contributed by atoms with Crippen LogP contribution in [0.15, 0.2) is 23.4 Å². The lowest BCUT2D eigenvalue weighted by Crippen LogP contribution is -2.52. The van der Waals surface area contributed by atoms with Gasteiger partial charge in [0.1, 0.15) is 22.3 Å². The van der Waals surface area contributed by atoms with Crippen molar-refractivity contribution in [2.75, 3.05) is 0 Å². The molecule has 2 fully saturated rings. The molecule has 0 spiro atoms. The largest absolute Gasteiger partial charge is 0.494 e. The molecule has 198 valence electrons. The van der Waals surface area contributed by atoms with Crippen LogP contribution in [0, 0.1) is 29.6 Å². The van der Waals surface area contributed by atoms with Crippen LogP contribution in [0.3, 0.4) is 0 Å². The fourth-order valence-electron chi connectivity index (χ4n) is 6.07. The van der Waals surface area contributed by atoms with Crippen molar-refractivity contribution in [3.63, 3.8) is 0 Å². The van der Waals surface area contributed by atoms with Crippen molar-refractivity contribution in [1.82, 2.24) is 10.3 Å². The van der Waals surface area contributed by atoms with Gasteiger partial charge in [-0.05, 0) is 83.1 Å². The third-order valence-electron chi connectivity index (χ3n) is 7.57. The Morgan fingerprint density at radius 1 is 1.29 bits per heavy atom. The lowest BCUT2D eigenvalue weighted by molar-refractivity contribution is -0.163. The Balaban J connectivity index is 1.96. The second kappa shape index (κ2) is 11.3. The Kier molecular flexibility index (Phi) is 9.12. The summed E-state index contributed by atoms with van der Waals surface area (Å²) in [6, 6.07) is -0.0778. The highest BCUT2D eigenvalue weighted by atomic mass is 32.1. The minimum Gasteiger partial charge on any atom is -0.494 e. The summed E-state index contributed by atoms with van der Waals surface area (Å²) in [7, 11) is 0. The molecule has 6 atom stereocenters. The molecule has 0 radical (unpaired) electrons. The maximum Gasteiger partial charge on any atom is 0.326 e. The van der Waals surface area contributed by atoms with Gasteiger partial charge in [-0.3, -0.25) is 10.1 Å². The van der Waals surface area contributed by atoms with E-state index in [1.807, 2.05) is 32.3 Å². The molecule has 0 amide bonds. The van der Waals surface area contributed by atoms with Gasteiger partial charge in [-0.2, -0.15) is 0 Å².